The Kier molecular flexibility index (Phi) is 5.98. The van der Waals surface area contributed by atoms with Crippen LogP contribution in [0.5, 0.6) is 5.75 Å². The second-order valence-corrected chi connectivity index (χ2v) is 4.82. The zero-order valence-electron chi connectivity index (χ0n) is 12.9. The van der Waals surface area contributed by atoms with Crippen molar-refractivity contribution in [3.8, 4) is 5.75 Å². The van der Waals surface area contributed by atoms with E-state index in [0.29, 0.717) is 13.2 Å². The van der Waals surface area contributed by atoms with Gasteiger partial charge in [-0.1, -0.05) is 42.5 Å². The molecule has 22 heavy (non-hydrogen) atoms. The van der Waals surface area contributed by atoms with Crippen LogP contribution in [0.1, 0.15) is 24.1 Å². The van der Waals surface area contributed by atoms with Crippen molar-refractivity contribution in [3.63, 3.8) is 0 Å². The maximum atomic E-state index is 12.0. The molecule has 2 aromatic rings. The van der Waals surface area contributed by atoms with Crippen LogP contribution in [-0.2, 0) is 16.1 Å². The Morgan fingerprint density at radius 3 is 2.36 bits per heavy atom. The number of benzene rings is 2. The van der Waals surface area contributed by atoms with E-state index >= 15 is 0 Å². The first kappa shape index (κ1) is 16.0. The molecule has 2 rings (SSSR count). The van der Waals surface area contributed by atoms with Gasteiger partial charge in [0.1, 0.15) is 11.8 Å². The molecule has 1 atom stereocenters. The average molecular weight is 299 g/mol. The molecule has 116 valence electrons. The van der Waals surface area contributed by atoms with E-state index in [0.717, 1.165) is 16.9 Å². The highest BCUT2D eigenvalue weighted by Crippen LogP contribution is 2.19. The third-order valence-corrected chi connectivity index (χ3v) is 3.31. The summed E-state index contributed by atoms with van der Waals surface area (Å²) in [7, 11) is 1.40. The third-order valence-electron chi connectivity index (χ3n) is 3.31. The van der Waals surface area contributed by atoms with E-state index in [-0.39, 0.29) is 5.97 Å². The summed E-state index contributed by atoms with van der Waals surface area (Å²) in [5.74, 6) is 0.484. The van der Waals surface area contributed by atoms with Gasteiger partial charge in [0.05, 0.1) is 13.7 Å². The predicted octanol–water partition coefficient (Wildman–Crippen LogP) is 3.09. The molecule has 4 nitrogen and oxygen atoms in total. The van der Waals surface area contributed by atoms with Gasteiger partial charge < -0.3 is 9.47 Å². The van der Waals surface area contributed by atoms with Crippen LogP contribution < -0.4 is 10.1 Å². The zero-order chi connectivity index (χ0) is 15.8. The first-order valence-electron chi connectivity index (χ1n) is 7.32. The lowest BCUT2D eigenvalue weighted by Gasteiger charge is -2.17. The Bertz CT molecular complexity index is 581. The van der Waals surface area contributed by atoms with Gasteiger partial charge in [0.15, 0.2) is 0 Å². The van der Waals surface area contributed by atoms with Crippen molar-refractivity contribution in [1.29, 1.82) is 0 Å². The Morgan fingerprint density at radius 1 is 1.09 bits per heavy atom. The largest absolute Gasteiger partial charge is 0.494 e. The number of carbonyl (C=O) groups is 1. The van der Waals surface area contributed by atoms with E-state index in [1.54, 1.807) is 0 Å². The minimum atomic E-state index is -0.499. The second kappa shape index (κ2) is 8.20. The van der Waals surface area contributed by atoms with E-state index in [4.69, 9.17) is 9.47 Å². The quantitative estimate of drug-likeness (QED) is 0.798. The normalized spacial score (nSPS) is 11.7. The summed E-state index contributed by atoms with van der Waals surface area (Å²) in [6.45, 7) is 3.15. The molecule has 0 spiro atoms. The summed E-state index contributed by atoms with van der Waals surface area (Å²) in [4.78, 5) is 12.0. The van der Waals surface area contributed by atoms with Crippen molar-refractivity contribution in [2.24, 2.45) is 0 Å². The van der Waals surface area contributed by atoms with Crippen molar-refractivity contribution >= 4 is 5.97 Å². The second-order valence-electron chi connectivity index (χ2n) is 4.82. The lowest BCUT2D eigenvalue weighted by molar-refractivity contribution is -0.143. The number of ether oxygens (including phenoxy) is 2. The molecule has 1 N–H and O–H groups in total. The first-order valence-corrected chi connectivity index (χ1v) is 7.32. The molecule has 0 radical (unpaired) electrons. The number of rotatable bonds is 7. The van der Waals surface area contributed by atoms with Gasteiger partial charge in [-0.3, -0.25) is 5.32 Å². The van der Waals surface area contributed by atoms with Crippen molar-refractivity contribution in [2.45, 2.75) is 19.5 Å². The molecule has 0 heterocycles. The molecule has 0 saturated carbocycles. The fourth-order valence-corrected chi connectivity index (χ4v) is 2.19. The van der Waals surface area contributed by atoms with Gasteiger partial charge in [-0.2, -0.15) is 0 Å². The number of methoxy groups -OCH3 is 1. The molecular weight excluding hydrogens is 278 g/mol. The molecule has 2 aromatic carbocycles. The standard InChI is InChI=1S/C18H21NO3/c1-3-22-16-11-9-15(10-12-16)17(18(20)21-2)19-13-14-7-5-4-6-8-14/h4-12,17,19H,3,13H2,1-2H3. The van der Waals surface area contributed by atoms with Gasteiger partial charge >= 0.3 is 5.97 Å². The maximum absolute atomic E-state index is 12.0. The summed E-state index contributed by atoms with van der Waals surface area (Å²) in [6, 6.07) is 16.9. The summed E-state index contributed by atoms with van der Waals surface area (Å²) >= 11 is 0. The number of esters is 1. The van der Waals surface area contributed by atoms with Crippen LogP contribution in [0, 0.1) is 0 Å². The number of hydrogen-bond donors (Lipinski definition) is 1. The highest BCUT2D eigenvalue weighted by atomic mass is 16.5. The van der Waals surface area contributed by atoms with E-state index in [1.807, 2.05) is 61.5 Å². The molecular formula is C18H21NO3. The zero-order valence-corrected chi connectivity index (χ0v) is 12.9. The summed E-state index contributed by atoms with van der Waals surface area (Å²) < 4.78 is 10.3. The molecule has 0 aliphatic carbocycles. The topological polar surface area (TPSA) is 47.6 Å². The Morgan fingerprint density at radius 2 is 1.77 bits per heavy atom. The van der Waals surface area contributed by atoms with Crippen LogP contribution in [0.4, 0.5) is 0 Å². The smallest absolute Gasteiger partial charge is 0.327 e. The monoisotopic (exact) mass is 299 g/mol. The maximum Gasteiger partial charge on any atom is 0.327 e. The third kappa shape index (κ3) is 4.33. The molecule has 0 aromatic heterocycles. The van der Waals surface area contributed by atoms with Crippen LogP contribution in [-0.4, -0.2) is 19.7 Å². The van der Waals surface area contributed by atoms with E-state index in [1.165, 1.54) is 7.11 Å². The SMILES string of the molecule is CCOc1ccc(C(NCc2ccccc2)C(=O)OC)cc1. The van der Waals surface area contributed by atoms with Gasteiger partial charge in [0, 0.05) is 6.54 Å². The fourth-order valence-electron chi connectivity index (χ4n) is 2.19. The minimum absolute atomic E-state index is 0.305. The molecule has 0 aliphatic heterocycles. The van der Waals surface area contributed by atoms with E-state index < -0.39 is 6.04 Å². The molecule has 0 aliphatic rings. The number of carbonyl (C=O) groups excluding carboxylic acids is 1. The van der Waals surface area contributed by atoms with Gasteiger partial charge in [0.2, 0.25) is 0 Å². The summed E-state index contributed by atoms with van der Waals surface area (Å²) in [5.41, 5.74) is 1.97. The van der Waals surface area contributed by atoms with E-state index in [2.05, 4.69) is 5.32 Å². The fraction of sp³-hybridized carbons (Fsp3) is 0.278. The van der Waals surface area contributed by atoms with Crippen LogP contribution in [0.3, 0.4) is 0 Å². The van der Waals surface area contributed by atoms with Gasteiger partial charge in [-0.25, -0.2) is 4.79 Å². The molecule has 0 bridgehead atoms. The lowest BCUT2D eigenvalue weighted by Crippen LogP contribution is -2.29. The number of hydrogen-bond acceptors (Lipinski definition) is 4. The molecule has 4 heteroatoms. The van der Waals surface area contributed by atoms with Crippen molar-refractivity contribution in [2.75, 3.05) is 13.7 Å². The van der Waals surface area contributed by atoms with Crippen LogP contribution >= 0.6 is 0 Å². The van der Waals surface area contributed by atoms with E-state index in [9.17, 15) is 4.79 Å². The predicted molar refractivity (Wildman–Crippen MR) is 85.6 cm³/mol. The molecule has 1 unspecified atom stereocenters. The first-order chi connectivity index (χ1) is 10.7. The average Bonchev–Trinajstić information content (AvgIpc) is 2.57. The van der Waals surface area contributed by atoms with Gasteiger partial charge in [-0.05, 0) is 30.2 Å². The molecule has 0 amide bonds. The van der Waals surface area contributed by atoms with Crippen molar-refractivity contribution in [1.82, 2.24) is 5.32 Å². The minimum Gasteiger partial charge on any atom is -0.494 e. The van der Waals surface area contributed by atoms with Crippen LogP contribution in [0.25, 0.3) is 0 Å². The summed E-state index contributed by atoms with van der Waals surface area (Å²) in [5, 5.41) is 3.24. The van der Waals surface area contributed by atoms with Crippen LogP contribution in [0.15, 0.2) is 54.6 Å². The lowest BCUT2D eigenvalue weighted by atomic mass is 10.1. The highest BCUT2D eigenvalue weighted by Gasteiger charge is 2.20. The molecule has 0 fully saturated rings. The van der Waals surface area contributed by atoms with Crippen molar-refractivity contribution in [3.05, 3.63) is 65.7 Å². The van der Waals surface area contributed by atoms with Gasteiger partial charge in [0.25, 0.3) is 0 Å². The van der Waals surface area contributed by atoms with Crippen LogP contribution in [0.2, 0.25) is 0 Å². The molecule has 0 saturated heterocycles. The highest BCUT2D eigenvalue weighted by molar-refractivity contribution is 5.77. The van der Waals surface area contributed by atoms with Crippen molar-refractivity contribution < 1.29 is 14.3 Å². The summed E-state index contributed by atoms with van der Waals surface area (Å²) in [6.07, 6.45) is 0. The number of nitrogens with one attached hydrogen (secondary N) is 1. The Labute approximate surface area is 131 Å². The Balaban J connectivity index is 2.10. The Hall–Kier alpha value is -2.33. The van der Waals surface area contributed by atoms with Gasteiger partial charge in [-0.15, -0.1) is 0 Å².